The van der Waals surface area contributed by atoms with Crippen molar-refractivity contribution in [3.63, 3.8) is 0 Å². The van der Waals surface area contributed by atoms with Gasteiger partial charge in [-0.05, 0) is 18.6 Å². The van der Waals surface area contributed by atoms with Gasteiger partial charge in [-0.3, -0.25) is 14.4 Å². The average molecular weight is 289 g/mol. The first-order valence-corrected chi connectivity index (χ1v) is 6.49. The number of amides is 1. The van der Waals surface area contributed by atoms with Crippen molar-refractivity contribution in [1.82, 2.24) is 5.32 Å². The fourth-order valence-corrected chi connectivity index (χ4v) is 1.84. The minimum absolute atomic E-state index is 0.0447. The lowest BCUT2D eigenvalue weighted by atomic mass is 10.2. The molecule has 0 atom stereocenters. The molecule has 0 saturated carbocycles. The van der Waals surface area contributed by atoms with E-state index in [4.69, 9.17) is 4.42 Å². The Hall–Kier alpha value is -2.63. The molecule has 6 heteroatoms. The van der Waals surface area contributed by atoms with Gasteiger partial charge >= 0.3 is 5.97 Å². The Morgan fingerprint density at radius 3 is 2.81 bits per heavy atom. The van der Waals surface area contributed by atoms with E-state index >= 15 is 0 Å². The maximum absolute atomic E-state index is 11.9. The molecule has 110 valence electrons. The van der Waals surface area contributed by atoms with Gasteiger partial charge in [-0.15, -0.1) is 0 Å². The highest BCUT2D eigenvalue weighted by Gasteiger charge is 2.11. The minimum Gasteiger partial charge on any atom is -0.469 e. The predicted octanol–water partition coefficient (Wildman–Crippen LogP) is 1.48. The highest BCUT2D eigenvalue weighted by Crippen LogP contribution is 2.11. The van der Waals surface area contributed by atoms with Crippen molar-refractivity contribution in [2.45, 2.75) is 12.8 Å². The van der Waals surface area contributed by atoms with Crippen LogP contribution in [0.4, 0.5) is 0 Å². The maximum atomic E-state index is 11.9. The van der Waals surface area contributed by atoms with Crippen LogP contribution in [0.15, 0.2) is 39.5 Å². The molecule has 0 bridgehead atoms. The molecule has 0 fully saturated rings. The molecule has 0 aliphatic heterocycles. The van der Waals surface area contributed by atoms with E-state index in [2.05, 4.69) is 10.1 Å². The van der Waals surface area contributed by atoms with Crippen molar-refractivity contribution < 1.29 is 18.7 Å². The summed E-state index contributed by atoms with van der Waals surface area (Å²) in [4.78, 5) is 34.7. The molecular weight excluding hydrogens is 274 g/mol. The number of ether oxygens (including phenoxy) is 1. The number of fused-ring (bicyclic) bond motifs is 1. The van der Waals surface area contributed by atoms with E-state index in [0.717, 1.165) is 6.07 Å². The molecule has 6 nitrogen and oxygen atoms in total. The molecule has 21 heavy (non-hydrogen) atoms. The Bertz CT molecular complexity index is 719. The molecule has 0 unspecified atom stereocenters. The van der Waals surface area contributed by atoms with Crippen LogP contribution in [-0.4, -0.2) is 25.5 Å². The van der Waals surface area contributed by atoms with E-state index in [9.17, 15) is 14.4 Å². The quantitative estimate of drug-likeness (QED) is 0.665. The Balaban J connectivity index is 2.03. The summed E-state index contributed by atoms with van der Waals surface area (Å²) in [5.74, 6) is -0.860. The summed E-state index contributed by atoms with van der Waals surface area (Å²) in [6.45, 7) is 0.296. The summed E-state index contributed by atoms with van der Waals surface area (Å²) in [5, 5.41) is 3.02. The van der Waals surface area contributed by atoms with E-state index in [1.165, 1.54) is 7.11 Å². The largest absolute Gasteiger partial charge is 0.469 e. The van der Waals surface area contributed by atoms with E-state index in [-0.39, 0.29) is 23.6 Å². The number of benzene rings is 1. The first-order valence-electron chi connectivity index (χ1n) is 6.49. The average Bonchev–Trinajstić information content (AvgIpc) is 2.51. The van der Waals surface area contributed by atoms with Crippen LogP contribution in [0.3, 0.4) is 0 Å². The number of rotatable bonds is 5. The van der Waals surface area contributed by atoms with Crippen LogP contribution < -0.4 is 10.7 Å². The topological polar surface area (TPSA) is 85.6 Å². The van der Waals surface area contributed by atoms with Gasteiger partial charge in [0.05, 0.1) is 12.5 Å². The lowest BCUT2D eigenvalue weighted by Gasteiger charge is -2.05. The van der Waals surface area contributed by atoms with Crippen molar-refractivity contribution in [2.75, 3.05) is 13.7 Å². The van der Waals surface area contributed by atoms with Crippen LogP contribution in [0, 0.1) is 0 Å². The minimum atomic E-state index is -0.484. The van der Waals surface area contributed by atoms with Gasteiger partial charge in [-0.1, -0.05) is 12.1 Å². The molecule has 2 aromatic rings. The number of carbonyl (C=O) groups is 2. The summed E-state index contributed by atoms with van der Waals surface area (Å²) < 4.78 is 9.89. The summed E-state index contributed by atoms with van der Waals surface area (Å²) in [6, 6.07) is 7.89. The van der Waals surface area contributed by atoms with Crippen LogP contribution in [-0.2, 0) is 9.53 Å². The molecule has 1 heterocycles. The molecule has 1 aromatic carbocycles. The van der Waals surface area contributed by atoms with Gasteiger partial charge in [0.15, 0.2) is 11.2 Å². The summed E-state index contributed by atoms with van der Waals surface area (Å²) >= 11 is 0. The zero-order valence-electron chi connectivity index (χ0n) is 11.5. The monoisotopic (exact) mass is 289 g/mol. The van der Waals surface area contributed by atoms with Crippen molar-refractivity contribution in [2.24, 2.45) is 0 Å². The number of carbonyl (C=O) groups excluding carboxylic acids is 2. The first kappa shape index (κ1) is 14.8. The van der Waals surface area contributed by atoms with Crippen molar-refractivity contribution in [3.8, 4) is 0 Å². The molecule has 2 rings (SSSR count). The third-order valence-corrected chi connectivity index (χ3v) is 2.93. The van der Waals surface area contributed by atoms with E-state index < -0.39 is 5.91 Å². The van der Waals surface area contributed by atoms with Crippen molar-refractivity contribution >= 4 is 22.8 Å². The van der Waals surface area contributed by atoms with Gasteiger partial charge in [0.1, 0.15) is 5.58 Å². The van der Waals surface area contributed by atoms with Gasteiger partial charge in [0.25, 0.3) is 5.91 Å². The SMILES string of the molecule is COC(=O)CCCNC(=O)c1cc(=O)c2ccccc2o1. The number of methoxy groups -OCH3 is 1. The number of para-hydroxylation sites is 1. The second-order valence-electron chi connectivity index (χ2n) is 4.41. The van der Waals surface area contributed by atoms with E-state index in [0.29, 0.717) is 23.9 Å². The van der Waals surface area contributed by atoms with Gasteiger partial charge < -0.3 is 14.5 Å². The molecule has 0 aliphatic carbocycles. The van der Waals surface area contributed by atoms with Crippen molar-refractivity contribution in [3.05, 3.63) is 46.3 Å². The zero-order chi connectivity index (χ0) is 15.2. The fraction of sp³-hybridized carbons (Fsp3) is 0.267. The number of hydrogen-bond acceptors (Lipinski definition) is 5. The molecule has 0 aliphatic rings. The normalized spacial score (nSPS) is 10.3. The third-order valence-electron chi connectivity index (χ3n) is 2.93. The molecule has 1 aromatic heterocycles. The molecular formula is C15H15NO5. The first-order chi connectivity index (χ1) is 10.1. The highest BCUT2D eigenvalue weighted by molar-refractivity contribution is 5.93. The third kappa shape index (κ3) is 3.68. The number of esters is 1. The van der Waals surface area contributed by atoms with Crippen LogP contribution in [0.25, 0.3) is 11.0 Å². The number of hydrogen-bond donors (Lipinski definition) is 1. The predicted molar refractivity (Wildman–Crippen MR) is 76.1 cm³/mol. The molecule has 1 N–H and O–H groups in total. The zero-order valence-corrected chi connectivity index (χ0v) is 11.5. The Kier molecular flexibility index (Phi) is 4.71. The fourth-order valence-electron chi connectivity index (χ4n) is 1.84. The molecule has 0 radical (unpaired) electrons. The van der Waals surface area contributed by atoms with Gasteiger partial charge in [0, 0.05) is 19.0 Å². The van der Waals surface area contributed by atoms with Crippen LogP contribution in [0.5, 0.6) is 0 Å². The molecule has 0 saturated heterocycles. The Labute approximate surface area is 120 Å². The standard InChI is InChI=1S/C15H15NO5/c1-20-14(18)7-4-8-16-15(19)13-9-11(17)10-5-2-3-6-12(10)21-13/h2-3,5-6,9H,4,7-8H2,1H3,(H,16,19). The van der Waals surface area contributed by atoms with Crippen LogP contribution >= 0.6 is 0 Å². The second-order valence-corrected chi connectivity index (χ2v) is 4.41. The lowest BCUT2D eigenvalue weighted by Crippen LogP contribution is -2.26. The van der Waals surface area contributed by atoms with Crippen molar-refractivity contribution in [1.29, 1.82) is 0 Å². The maximum Gasteiger partial charge on any atom is 0.305 e. The molecule has 1 amide bonds. The van der Waals surface area contributed by atoms with E-state index in [1.54, 1.807) is 24.3 Å². The second kappa shape index (κ2) is 6.69. The Morgan fingerprint density at radius 1 is 1.29 bits per heavy atom. The summed E-state index contributed by atoms with van der Waals surface area (Å²) in [6.07, 6.45) is 0.675. The number of nitrogens with one attached hydrogen (secondary N) is 1. The van der Waals surface area contributed by atoms with Gasteiger partial charge in [-0.25, -0.2) is 0 Å². The summed E-state index contributed by atoms with van der Waals surface area (Å²) in [7, 11) is 1.31. The highest BCUT2D eigenvalue weighted by atomic mass is 16.5. The van der Waals surface area contributed by atoms with Crippen LogP contribution in [0.2, 0.25) is 0 Å². The molecule has 0 spiro atoms. The van der Waals surface area contributed by atoms with Crippen LogP contribution in [0.1, 0.15) is 23.4 Å². The summed E-state index contributed by atoms with van der Waals surface area (Å²) in [5.41, 5.74) is 0.0984. The smallest absolute Gasteiger partial charge is 0.305 e. The van der Waals surface area contributed by atoms with Gasteiger partial charge in [0.2, 0.25) is 0 Å². The van der Waals surface area contributed by atoms with E-state index in [1.807, 2.05) is 0 Å². The van der Waals surface area contributed by atoms with Gasteiger partial charge in [-0.2, -0.15) is 0 Å². The lowest BCUT2D eigenvalue weighted by molar-refractivity contribution is -0.140. The Morgan fingerprint density at radius 2 is 2.05 bits per heavy atom.